The molecule has 0 saturated heterocycles. The first kappa shape index (κ1) is 16.0. The van der Waals surface area contributed by atoms with Crippen molar-refractivity contribution in [1.82, 2.24) is 15.0 Å². The lowest BCUT2D eigenvalue weighted by atomic mass is 10.2. The molecule has 0 saturated carbocycles. The zero-order chi connectivity index (χ0) is 15.1. The Labute approximate surface area is 120 Å². The normalized spacial score (nSPS) is 11.8. The summed E-state index contributed by atoms with van der Waals surface area (Å²) in [5, 5.41) is 11.9. The van der Waals surface area contributed by atoms with Crippen molar-refractivity contribution in [1.29, 1.82) is 5.26 Å². The highest BCUT2D eigenvalue weighted by Crippen LogP contribution is 2.16. The van der Waals surface area contributed by atoms with Crippen LogP contribution in [0.2, 0.25) is 0 Å². The summed E-state index contributed by atoms with van der Waals surface area (Å²) in [6.07, 6.45) is -0.0111. The Kier molecular flexibility index (Phi) is 5.97. The van der Waals surface area contributed by atoms with Gasteiger partial charge in [0.15, 0.2) is 0 Å². The predicted molar refractivity (Wildman–Crippen MR) is 77.8 cm³/mol. The Morgan fingerprint density at radius 1 is 1.30 bits per heavy atom. The van der Waals surface area contributed by atoms with Gasteiger partial charge in [0.25, 0.3) is 0 Å². The Balaban J connectivity index is 2.98. The Hall–Kier alpha value is -2.10. The predicted octanol–water partition coefficient (Wildman–Crippen LogP) is 1.69. The van der Waals surface area contributed by atoms with Crippen molar-refractivity contribution in [2.45, 2.75) is 33.8 Å². The molecule has 1 N–H and O–H groups in total. The summed E-state index contributed by atoms with van der Waals surface area (Å²) >= 11 is 0. The molecule has 0 aromatic carbocycles. The molecular weight excluding hydrogens is 256 g/mol. The van der Waals surface area contributed by atoms with Gasteiger partial charge >= 0.3 is 6.01 Å². The van der Waals surface area contributed by atoms with Crippen LogP contribution in [0.15, 0.2) is 0 Å². The number of hydrogen-bond donors (Lipinski definition) is 1. The van der Waals surface area contributed by atoms with E-state index in [2.05, 4.69) is 26.3 Å². The molecular formula is C13H22N6O. The SMILES string of the molecule is CCNc1nc(OC(C)C)nc(N(C)CC(C)C#N)n1. The maximum Gasteiger partial charge on any atom is 0.323 e. The molecule has 0 aliphatic rings. The number of aromatic nitrogens is 3. The van der Waals surface area contributed by atoms with E-state index in [9.17, 15) is 0 Å². The highest BCUT2D eigenvalue weighted by molar-refractivity contribution is 5.37. The lowest BCUT2D eigenvalue weighted by Crippen LogP contribution is -2.26. The second-order valence-corrected chi connectivity index (χ2v) is 4.85. The summed E-state index contributed by atoms with van der Waals surface area (Å²) in [7, 11) is 1.85. The fraction of sp³-hybridized carbons (Fsp3) is 0.692. The van der Waals surface area contributed by atoms with Gasteiger partial charge in [0.2, 0.25) is 11.9 Å². The Bertz CT molecular complexity index is 470. The minimum atomic E-state index is -0.103. The molecule has 0 bridgehead atoms. The van der Waals surface area contributed by atoms with E-state index in [0.29, 0.717) is 25.0 Å². The molecule has 7 nitrogen and oxygen atoms in total. The molecule has 1 unspecified atom stereocenters. The van der Waals surface area contributed by atoms with Gasteiger partial charge < -0.3 is 15.0 Å². The van der Waals surface area contributed by atoms with E-state index in [1.54, 1.807) is 0 Å². The van der Waals surface area contributed by atoms with Gasteiger partial charge in [-0.05, 0) is 27.7 Å². The highest BCUT2D eigenvalue weighted by Gasteiger charge is 2.14. The van der Waals surface area contributed by atoms with E-state index in [-0.39, 0.29) is 18.0 Å². The second-order valence-electron chi connectivity index (χ2n) is 4.85. The first-order valence-electron chi connectivity index (χ1n) is 6.73. The van der Waals surface area contributed by atoms with Crippen molar-refractivity contribution < 1.29 is 4.74 Å². The van der Waals surface area contributed by atoms with Crippen LogP contribution in [0.3, 0.4) is 0 Å². The third-order valence-corrected chi connectivity index (χ3v) is 2.39. The fourth-order valence-corrected chi connectivity index (χ4v) is 1.55. The third kappa shape index (κ3) is 4.88. The average molecular weight is 278 g/mol. The van der Waals surface area contributed by atoms with Crippen molar-refractivity contribution in [2.75, 3.05) is 30.4 Å². The van der Waals surface area contributed by atoms with Crippen LogP contribution in [0.25, 0.3) is 0 Å². The molecule has 0 radical (unpaired) electrons. The molecule has 0 aliphatic heterocycles. The van der Waals surface area contributed by atoms with Gasteiger partial charge in [-0.2, -0.15) is 20.2 Å². The van der Waals surface area contributed by atoms with Crippen LogP contribution in [0.4, 0.5) is 11.9 Å². The van der Waals surface area contributed by atoms with Gasteiger partial charge in [-0.3, -0.25) is 0 Å². The average Bonchev–Trinajstić information content (AvgIpc) is 2.37. The third-order valence-electron chi connectivity index (χ3n) is 2.39. The van der Waals surface area contributed by atoms with Crippen molar-refractivity contribution in [3.63, 3.8) is 0 Å². The summed E-state index contributed by atoms with van der Waals surface area (Å²) in [5.74, 6) is 0.868. The van der Waals surface area contributed by atoms with E-state index in [4.69, 9.17) is 10.00 Å². The molecule has 1 heterocycles. The van der Waals surface area contributed by atoms with Crippen molar-refractivity contribution >= 4 is 11.9 Å². The number of nitriles is 1. The van der Waals surface area contributed by atoms with Gasteiger partial charge in [-0.15, -0.1) is 0 Å². The number of nitrogens with one attached hydrogen (secondary N) is 1. The molecule has 1 aromatic heterocycles. The van der Waals surface area contributed by atoms with Crippen LogP contribution in [-0.4, -0.2) is 41.2 Å². The maximum atomic E-state index is 8.88. The van der Waals surface area contributed by atoms with E-state index >= 15 is 0 Å². The summed E-state index contributed by atoms with van der Waals surface area (Å²) in [6, 6.07) is 2.48. The van der Waals surface area contributed by atoms with Gasteiger partial charge in [-0.25, -0.2) is 0 Å². The standard InChI is InChI=1S/C13H22N6O/c1-6-15-11-16-12(19(5)8-10(4)7-14)18-13(17-11)20-9(2)3/h9-10H,6,8H2,1-5H3,(H,15,16,17,18). The molecule has 0 fully saturated rings. The van der Waals surface area contributed by atoms with E-state index in [1.807, 2.05) is 39.6 Å². The van der Waals surface area contributed by atoms with Crippen LogP contribution >= 0.6 is 0 Å². The van der Waals surface area contributed by atoms with Crippen LogP contribution in [0, 0.1) is 17.2 Å². The van der Waals surface area contributed by atoms with Gasteiger partial charge in [0, 0.05) is 20.1 Å². The largest absolute Gasteiger partial charge is 0.461 e. The van der Waals surface area contributed by atoms with Crippen molar-refractivity contribution in [3.05, 3.63) is 0 Å². The molecule has 0 aliphatic carbocycles. The topological polar surface area (TPSA) is 87.0 Å². The van der Waals surface area contributed by atoms with Crippen LogP contribution in [0.5, 0.6) is 6.01 Å². The first-order chi connectivity index (χ1) is 9.46. The molecule has 20 heavy (non-hydrogen) atoms. The minimum absolute atomic E-state index is 0.0111. The molecule has 1 rings (SSSR count). The lowest BCUT2D eigenvalue weighted by molar-refractivity contribution is 0.222. The number of rotatable bonds is 7. The molecule has 7 heteroatoms. The Morgan fingerprint density at radius 3 is 2.55 bits per heavy atom. The van der Waals surface area contributed by atoms with E-state index in [0.717, 1.165) is 0 Å². The Morgan fingerprint density at radius 2 is 2.00 bits per heavy atom. The summed E-state index contributed by atoms with van der Waals surface area (Å²) in [6.45, 7) is 8.91. The van der Waals surface area contributed by atoms with Crippen molar-refractivity contribution in [3.8, 4) is 12.1 Å². The van der Waals surface area contributed by atoms with Crippen molar-refractivity contribution in [2.24, 2.45) is 5.92 Å². The fourth-order valence-electron chi connectivity index (χ4n) is 1.55. The number of nitrogens with zero attached hydrogens (tertiary/aromatic N) is 5. The van der Waals surface area contributed by atoms with E-state index in [1.165, 1.54) is 0 Å². The molecule has 1 aromatic rings. The smallest absolute Gasteiger partial charge is 0.323 e. The summed E-state index contributed by atoms with van der Waals surface area (Å²) < 4.78 is 5.53. The molecule has 110 valence electrons. The summed E-state index contributed by atoms with van der Waals surface area (Å²) in [4.78, 5) is 14.6. The lowest BCUT2D eigenvalue weighted by Gasteiger charge is -2.19. The van der Waals surface area contributed by atoms with Gasteiger partial charge in [0.1, 0.15) is 0 Å². The second kappa shape index (κ2) is 7.48. The van der Waals surface area contributed by atoms with Gasteiger partial charge in [-0.1, -0.05) is 0 Å². The molecule has 0 amide bonds. The van der Waals surface area contributed by atoms with Gasteiger partial charge in [0.05, 0.1) is 18.1 Å². The molecule has 0 spiro atoms. The quantitative estimate of drug-likeness (QED) is 0.812. The number of ether oxygens (including phenoxy) is 1. The van der Waals surface area contributed by atoms with Crippen LogP contribution in [-0.2, 0) is 0 Å². The van der Waals surface area contributed by atoms with E-state index < -0.39 is 0 Å². The maximum absolute atomic E-state index is 8.88. The zero-order valence-electron chi connectivity index (χ0n) is 12.7. The van der Waals surface area contributed by atoms with Crippen LogP contribution < -0.4 is 15.0 Å². The summed E-state index contributed by atoms with van der Waals surface area (Å²) in [5.41, 5.74) is 0. The van der Waals surface area contributed by atoms with Crippen LogP contribution in [0.1, 0.15) is 27.7 Å². The zero-order valence-corrected chi connectivity index (χ0v) is 12.7. The number of hydrogen-bond acceptors (Lipinski definition) is 7. The number of anilines is 2. The first-order valence-corrected chi connectivity index (χ1v) is 6.73. The molecule has 1 atom stereocenters. The highest BCUT2D eigenvalue weighted by atomic mass is 16.5. The monoisotopic (exact) mass is 278 g/mol. The minimum Gasteiger partial charge on any atom is -0.461 e.